The topological polar surface area (TPSA) is 100 Å². The summed E-state index contributed by atoms with van der Waals surface area (Å²) in [4.78, 5) is 20.3. The summed E-state index contributed by atoms with van der Waals surface area (Å²) < 4.78 is 10.5. The quantitative estimate of drug-likeness (QED) is 0.328. The van der Waals surface area contributed by atoms with Gasteiger partial charge in [-0.05, 0) is 35.4 Å². The highest BCUT2D eigenvalue weighted by atomic mass is 16.5. The number of fused-ring (bicyclic) bond motifs is 1. The number of nitrogens with one attached hydrogen (secondary N) is 2. The zero-order valence-electron chi connectivity index (χ0n) is 18.3. The van der Waals surface area contributed by atoms with Gasteiger partial charge in [0.25, 0.3) is 5.91 Å². The zero-order chi connectivity index (χ0) is 23.2. The van der Waals surface area contributed by atoms with Gasteiger partial charge in [0.2, 0.25) is 0 Å². The van der Waals surface area contributed by atoms with E-state index in [2.05, 4.69) is 15.3 Å². The number of carbonyl (C=O) groups is 1. The Labute approximate surface area is 191 Å². The molecule has 2 N–H and O–H groups in total. The molecule has 0 fully saturated rings. The van der Waals surface area contributed by atoms with E-state index in [1.54, 1.807) is 44.8 Å². The number of H-pyrrole nitrogens is 1. The van der Waals surface area contributed by atoms with Crippen LogP contribution in [0.25, 0.3) is 28.2 Å². The van der Waals surface area contributed by atoms with Crippen LogP contribution >= 0.6 is 0 Å². The Bertz CT molecular complexity index is 1370. The van der Waals surface area contributed by atoms with Gasteiger partial charge in [-0.3, -0.25) is 4.79 Å². The molecule has 0 atom stereocenters. The molecule has 0 unspecified atom stereocenters. The van der Waals surface area contributed by atoms with Crippen LogP contribution in [-0.4, -0.2) is 30.1 Å². The van der Waals surface area contributed by atoms with E-state index < -0.39 is 5.91 Å². The van der Waals surface area contributed by atoms with Crippen LogP contribution in [0.2, 0.25) is 0 Å². The van der Waals surface area contributed by atoms with Crippen LogP contribution in [0.15, 0.2) is 72.6 Å². The van der Waals surface area contributed by atoms with Gasteiger partial charge in [0, 0.05) is 35.5 Å². The van der Waals surface area contributed by atoms with Crippen molar-refractivity contribution in [3.8, 4) is 28.7 Å². The monoisotopic (exact) mass is 438 g/mol. The first-order valence-electron chi connectivity index (χ1n) is 10.3. The van der Waals surface area contributed by atoms with Crippen LogP contribution in [0.3, 0.4) is 0 Å². The summed E-state index contributed by atoms with van der Waals surface area (Å²) in [6, 6.07) is 19.3. The van der Waals surface area contributed by atoms with E-state index in [4.69, 9.17) is 9.47 Å². The van der Waals surface area contributed by atoms with Crippen LogP contribution in [0, 0.1) is 11.3 Å². The first-order valence-corrected chi connectivity index (χ1v) is 10.3. The largest absolute Gasteiger partial charge is 0.493 e. The van der Waals surface area contributed by atoms with Crippen LogP contribution in [-0.2, 0) is 11.3 Å². The predicted octanol–water partition coefficient (Wildman–Crippen LogP) is 4.47. The van der Waals surface area contributed by atoms with E-state index in [-0.39, 0.29) is 12.1 Å². The third-order valence-corrected chi connectivity index (χ3v) is 5.24. The summed E-state index contributed by atoms with van der Waals surface area (Å²) in [6.07, 6.45) is 5.10. The van der Waals surface area contributed by atoms with Crippen LogP contribution < -0.4 is 14.8 Å². The fourth-order valence-corrected chi connectivity index (χ4v) is 3.50. The third kappa shape index (κ3) is 4.70. The highest BCUT2D eigenvalue weighted by Crippen LogP contribution is 2.28. The Morgan fingerprint density at radius 1 is 1.09 bits per heavy atom. The standard InChI is InChI=1S/C26H22N4O3/c1-32-23-9-8-17(10-24(23)33-2)14-30-26(31)19(13-27)11-21-16-29-25-22(21)12-20(15-28-25)18-6-4-3-5-7-18/h3-12,15-16H,14H2,1-2H3,(H,28,29)(H,30,31)/b19-11+. The molecule has 1 amide bonds. The first-order chi connectivity index (χ1) is 16.1. The summed E-state index contributed by atoms with van der Waals surface area (Å²) in [5, 5.41) is 13.2. The van der Waals surface area contributed by atoms with Crippen LogP contribution in [0.1, 0.15) is 11.1 Å². The lowest BCUT2D eigenvalue weighted by atomic mass is 10.0. The molecule has 164 valence electrons. The molecule has 2 aromatic carbocycles. The van der Waals surface area contributed by atoms with E-state index in [0.717, 1.165) is 22.1 Å². The minimum atomic E-state index is -0.464. The summed E-state index contributed by atoms with van der Waals surface area (Å²) in [6.45, 7) is 0.242. The molecule has 0 saturated heterocycles. The van der Waals surface area contributed by atoms with Gasteiger partial charge in [0.1, 0.15) is 17.3 Å². The number of methoxy groups -OCH3 is 2. The van der Waals surface area contributed by atoms with Gasteiger partial charge < -0.3 is 19.8 Å². The maximum Gasteiger partial charge on any atom is 0.262 e. The number of benzene rings is 2. The maximum absolute atomic E-state index is 12.7. The number of ether oxygens (including phenoxy) is 2. The van der Waals surface area contributed by atoms with E-state index in [1.807, 2.05) is 48.5 Å². The molecule has 0 spiro atoms. The Morgan fingerprint density at radius 2 is 1.88 bits per heavy atom. The molecule has 0 saturated carbocycles. The zero-order valence-corrected chi connectivity index (χ0v) is 18.3. The normalized spacial score (nSPS) is 11.1. The molecule has 4 aromatic rings. The number of pyridine rings is 1. The van der Waals surface area contributed by atoms with Crippen molar-refractivity contribution in [3.05, 3.63) is 83.7 Å². The van der Waals surface area contributed by atoms with Gasteiger partial charge in [0.05, 0.1) is 14.2 Å². The molecule has 2 heterocycles. The van der Waals surface area contributed by atoms with Crippen LogP contribution in [0.5, 0.6) is 11.5 Å². The lowest BCUT2D eigenvalue weighted by Crippen LogP contribution is -2.24. The molecule has 7 heteroatoms. The third-order valence-electron chi connectivity index (χ3n) is 5.24. The lowest BCUT2D eigenvalue weighted by Gasteiger charge is -2.10. The van der Waals surface area contributed by atoms with Crippen molar-refractivity contribution >= 4 is 23.0 Å². The van der Waals surface area contributed by atoms with E-state index >= 15 is 0 Å². The van der Waals surface area contributed by atoms with Gasteiger partial charge >= 0.3 is 0 Å². The molecule has 0 bridgehead atoms. The number of aromatic nitrogens is 2. The van der Waals surface area contributed by atoms with Gasteiger partial charge in [-0.15, -0.1) is 0 Å². The first kappa shape index (κ1) is 21.7. The van der Waals surface area contributed by atoms with Gasteiger partial charge in [-0.2, -0.15) is 5.26 Å². The number of rotatable bonds is 7. The van der Waals surface area contributed by atoms with Crippen molar-refractivity contribution in [2.45, 2.75) is 6.54 Å². The molecule has 7 nitrogen and oxygen atoms in total. The summed E-state index contributed by atoms with van der Waals surface area (Å²) in [5.41, 5.74) is 4.21. The Balaban J connectivity index is 1.56. The summed E-state index contributed by atoms with van der Waals surface area (Å²) in [7, 11) is 3.11. The van der Waals surface area contributed by atoms with E-state index in [9.17, 15) is 10.1 Å². The highest BCUT2D eigenvalue weighted by molar-refractivity contribution is 6.03. The van der Waals surface area contributed by atoms with Gasteiger partial charge in [0.15, 0.2) is 11.5 Å². The summed E-state index contributed by atoms with van der Waals surface area (Å²) >= 11 is 0. The predicted molar refractivity (Wildman–Crippen MR) is 127 cm³/mol. The van der Waals surface area contributed by atoms with Crippen molar-refractivity contribution in [1.82, 2.24) is 15.3 Å². The van der Waals surface area contributed by atoms with Crippen molar-refractivity contribution in [3.63, 3.8) is 0 Å². The van der Waals surface area contributed by atoms with Crippen LogP contribution in [0.4, 0.5) is 0 Å². The van der Waals surface area contributed by atoms with Crippen molar-refractivity contribution in [2.24, 2.45) is 0 Å². The average Bonchev–Trinajstić information content (AvgIpc) is 3.27. The molecular formula is C26H22N4O3. The Morgan fingerprint density at radius 3 is 2.61 bits per heavy atom. The number of hydrogen-bond donors (Lipinski definition) is 2. The molecule has 33 heavy (non-hydrogen) atoms. The fourth-order valence-electron chi connectivity index (χ4n) is 3.50. The fraction of sp³-hybridized carbons (Fsp3) is 0.115. The molecule has 2 aromatic heterocycles. The second-order valence-corrected chi connectivity index (χ2v) is 7.27. The van der Waals surface area contributed by atoms with Gasteiger partial charge in [-0.1, -0.05) is 36.4 Å². The van der Waals surface area contributed by atoms with Crippen molar-refractivity contribution in [1.29, 1.82) is 5.26 Å². The molecule has 0 aliphatic rings. The number of carbonyl (C=O) groups excluding carboxylic acids is 1. The summed E-state index contributed by atoms with van der Waals surface area (Å²) in [5.74, 6) is 0.711. The molecule has 0 aliphatic heterocycles. The average molecular weight is 438 g/mol. The highest BCUT2D eigenvalue weighted by Gasteiger charge is 2.13. The second kappa shape index (κ2) is 9.71. The number of hydrogen-bond acceptors (Lipinski definition) is 5. The smallest absolute Gasteiger partial charge is 0.262 e. The van der Waals surface area contributed by atoms with Crippen molar-refractivity contribution in [2.75, 3.05) is 14.2 Å². The second-order valence-electron chi connectivity index (χ2n) is 7.27. The number of aromatic amines is 1. The molecule has 0 radical (unpaired) electrons. The number of nitrogens with zero attached hydrogens (tertiary/aromatic N) is 2. The molecule has 0 aliphatic carbocycles. The minimum absolute atomic E-state index is 0.00138. The number of amides is 1. The maximum atomic E-state index is 12.7. The Hall–Kier alpha value is -4.57. The van der Waals surface area contributed by atoms with E-state index in [1.165, 1.54) is 0 Å². The Kier molecular flexibility index (Phi) is 6.37. The lowest BCUT2D eigenvalue weighted by molar-refractivity contribution is -0.117. The van der Waals surface area contributed by atoms with Crippen molar-refractivity contribution < 1.29 is 14.3 Å². The SMILES string of the molecule is COc1ccc(CNC(=O)/C(C#N)=C/c2c[nH]c3ncc(-c4ccccc4)cc23)cc1OC. The minimum Gasteiger partial charge on any atom is -0.493 e. The molecular weight excluding hydrogens is 416 g/mol. The molecule has 4 rings (SSSR count). The van der Waals surface area contributed by atoms with E-state index in [0.29, 0.717) is 22.7 Å². The van der Waals surface area contributed by atoms with Gasteiger partial charge in [-0.25, -0.2) is 4.98 Å². The number of nitriles is 1.